The zero-order valence-corrected chi connectivity index (χ0v) is 13.6. The van der Waals surface area contributed by atoms with Gasteiger partial charge in [-0.3, -0.25) is 4.79 Å². The highest BCUT2D eigenvalue weighted by Gasteiger charge is 2.26. The number of carbonyl (C=O) groups is 1. The summed E-state index contributed by atoms with van der Waals surface area (Å²) in [6, 6.07) is 6.06. The number of nitrogens with zero attached hydrogens (tertiary/aromatic N) is 3. The Morgan fingerprint density at radius 2 is 1.91 bits per heavy atom. The number of rotatable bonds is 2. The van der Waals surface area contributed by atoms with Gasteiger partial charge in [0.1, 0.15) is 0 Å². The molecule has 1 aliphatic heterocycles. The van der Waals surface area contributed by atoms with E-state index >= 15 is 0 Å². The smallest absolute Gasteiger partial charge is 0.254 e. The molecule has 0 spiro atoms. The molecule has 1 aromatic heterocycles. The molecule has 4 heteroatoms. The Morgan fingerprint density at radius 1 is 1.18 bits per heavy atom. The van der Waals surface area contributed by atoms with Crippen LogP contribution >= 0.6 is 0 Å². The molecule has 0 aliphatic carbocycles. The second kappa shape index (κ2) is 6.03. The van der Waals surface area contributed by atoms with Gasteiger partial charge in [-0.2, -0.15) is 0 Å². The summed E-state index contributed by atoms with van der Waals surface area (Å²) in [5.74, 6) is 0.133. The summed E-state index contributed by atoms with van der Waals surface area (Å²) < 4.78 is 0. The third kappa shape index (κ3) is 2.70. The van der Waals surface area contributed by atoms with Crippen molar-refractivity contribution in [2.75, 3.05) is 6.54 Å². The maximum Gasteiger partial charge on any atom is 0.254 e. The highest BCUT2D eigenvalue weighted by molar-refractivity contribution is 5.97. The summed E-state index contributed by atoms with van der Waals surface area (Å²) in [6.07, 6.45) is 4.48. The van der Waals surface area contributed by atoms with Crippen LogP contribution in [0.1, 0.15) is 54.4 Å². The molecule has 4 nitrogen and oxygen atoms in total. The fourth-order valence-electron chi connectivity index (χ4n) is 3.22. The first-order chi connectivity index (χ1) is 10.6. The van der Waals surface area contributed by atoms with Crippen LogP contribution in [0.25, 0.3) is 11.0 Å². The molecule has 2 aromatic rings. The van der Waals surface area contributed by atoms with Gasteiger partial charge in [-0.1, -0.05) is 6.92 Å². The topological polar surface area (TPSA) is 46.1 Å². The molecule has 0 unspecified atom stereocenters. The van der Waals surface area contributed by atoms with Crippen LogP contribution in [0.5, 0.6) is 0 Å². The van der Waals surface area contributed by atoms with Crippen molar-refractivity contribution in [2.24, 2.45) is 0 Å². The van der Waals surface area contributed by atoms with E-state index in [1.807, 2.05) is 36.9 Å². The fraction of sp³-hybridized carbons (Fsp3) is 0.500. The third-order valence-corrected chi connectivity index (χ3v) is 4.68. The SMILES string of the molecule is CC[C@H]1CCCCN1C(=O)c1ccc2nc(C)c(C)nc2c1. The molecule has 1 aromatic carbocycles. The number of hydrogen-bond acceptors (Lipinski definition) is 3. The summed E-state index contributed by atoms with van der Waals surface area (Å²) in [4.78, 5) is 24.0. The van der Waals surface area contributed by atoms with E-state index < -0.39 is 0 Å². The largest absolute Gasteiger partial charge is 0.336 e. The molecule has 1 saturated heterocycles. The second-order valence-electron chi connectivity index (χ2n) is 6.15. The first kappa shape index (κ1) is 14.9. The molecule has 22 heavy (non-hydrogen) atoms. The number of aromatic nitrogens is 2. The molecule has 3 rings (SSSR count). The molecular weight excluding hydrogens is 274 g/mol. The van der Waals surface area contributed by atoms with Crippen molar-refractivity contribution in [1.29, 1.82) is 0 Å². The molecule has 2 heterocycles. The van der Waals surface area contributed by atoms with E-state index in [2.05, 4.69) is 16.9 Å². The van der Waals surface area contributed by atoms with E-state index in [4.69, 9.17) is 0 Å². The first-order valence-corrected chi connectivity index (χ1v) is 8.16. The number of hydrogen-bond donors (Lipinski definition) is 0. The summed E-state index contributed by atoms with van der Waals surface area (Å²) >= 11 is 0. The molecule has 1 atom stereocenters. The zero-order valence-electron chi connectivity index (χ0n) is 13.6. The number of fused-ring (bicyclic) bond motifs is 1. The van der Waals surface area contributed by atoms with Gasteiger partial charge in [0.15, 0.2) is 0 Å². The lowest BCUT2D eigenvalue weighted by atomic mass is 9.99. The van der Waals surface area contributed by atoms with Gasteiger partial charge in [-0.25, -0.2) is 9.97 Å². The average Bonchev–Trinajstić information content (AvgIpc) is 2.55. The van der Waals surface area contributed by atoms with Gasteiger partial charge in [0.05, 0.1) is 22.4 Å². The number of likely N-dealkylation sites (tertiary alicyclic amines) is 1. The summed E-state index contributed by atoms with van der Waals surface area (Å²) in [5.41, 5.74) is 4.24. The lowest BCUT2D eigenvalue weighted by molar-refractivity contribution is 0.0608. The second-order valence-corrected chi connectivity index (χ2v) is 6.15. The summed E-state index contributed by atoms with van der Waals surface area (Å²) in [6.45, 7) is 6.94. The van der Waals surface area contributed by atoms with Crippen molar-refractivity contribution in [2.45, 2.75) is 52.5 Å². The quantitative estimate of drug-likeness (QED) is 0.850. The van der Waals surface area contributed by atoms with Crippen LogP contribution in [0.4, 0.5) is 0 Å². The number of aryl methyl sites for hydroxylation is 2. The van der Waals surface area contributed by atoms with E-state index in [9.17, 15) is 4.79 Å². The van der Waals surface area contributed by atoms with E-state index in [0.717, 1.165) is 53.8 Å². The monoisotopic (exact) mass is 297 g/mol. The molecule has 1 amide bonds. The van der Waals surface area contributed by atoms with Crippen LogP contribution in [-0.4, -0.2) is 33.4 Å². The van der Waals surface area contributed by atoms with Crippen molar-refractivity contribution in [3.05, 3.63) is 35.2 Å². The van der Waals surface area contributed by atoms with Crippen molar-refractivity contribution < 1.29 is 4.79 Å². The van der Waals surface area contributed by atoms with Gasteiger partial charge < -0.3 is 4.90 Å². The Kier molecular flexibility index (Phi) is 4.10. The normalized spacial score (nSPS) is 18.7. The Hall–Kier alpha value is -1.97. The Labute approximate surface area is 131 Å². The van der Waals surface area contributed by atoms with E-state index in [1.54, 1.807) is 0 Å². The van der Waals surface area contributed by atoms with Crippen LogP contribution < -0.4 is 0 Å². The molecule has 1 fully saturated rings. The molecule has 0 N–H and O–H groups in total. The van der Waals surface area contributed by atoms with Crippen LogP contribution in [0, 0.1) is 13.8 Å². The maximum absolute atomic E-state index is 12.8. The number of benzene rings is 1. The minimum atomic E-state index is 0.133. The van der Waals surface area contributed by atoms with Crippen molar-refractivity contribution in [3.8, 4) is 0 Å². The minimum absolute atomic E-state index is 0.133. The van der Waals surface area contributed by atoms with Gasteiger partial charge in [-0.15, -0.1) is 0 Å². The number of amides is 1. The van der Waals surface area contributed by atoms with Gasteiger partial charge in [-0.05, 0) is 57.7 Å². The van der Waals surface area contributed by atoms with E-state index in [-0.39, 0.29) is 5.91 Å². The lowest BCUT2D eigenvalue weighted by Crippen LogP contribution is -2.43. The van der Waals surface area contributed by atoms with Crippen molar-refractivity contribution in [3.63, 3.8) is 0 Å². The highest BCUT2D eigenvalue weighted by atomic mass is 16.2. The van der Waals surface area contributed by atoms with E-state index in [1.165, 1.54) is 6.42 Å². The minimum Gasteiger partial charge on any atom is -0.336 e. The van der Waals surface area contributed by atoms with Gasteiger partial charge in [0.2, 0.25) is 0 Å². The Morgan fingerprint density at radius 3 is 2.64 bits per heavy atom. The molecule has 0 bridgehead atoms. The summed E-state index contributed by atoms with van der Waals surface area (Å²) in [5, 5.41) is 0. The number of piperidine rings is 1. The molecule has 0 saturated carbocycles. The van der Waals surface area contributed by atoms with Crippen molar-refractivity contribution in [1.82, 2.24) is 14.9 Å². The molecule has 0 radical (unpaired) electrons. The zero-order chi connectivity index (χ0) is 15.7. The first-order valence-electron chi connectivity index (χ1n) is 8.16. The standard InChI is InChI=1S/C18H23N3O/c1-4-15-7-5-6-10-21(15)18(22)14-8-9-16-17(11-14)20-13(3)12(2)19-16/h8-9,11,15H,4-7,10H2,1-3H3/t15-/m0/s1. The fourth-order valence-corrected chi connectivity index (χ4v) is 3.22. The molecule has 116 valence electrons. The Balaban J connectivity index is 1.95. The maximum atomic E-state index is 12.8. The third-order valence-electron chi connectivity index (χ3n) is 4.68. The van der Waals surface area contributed by atoms with Crippen LogP contribution in [-0.2, 0) is 0 Å². The predicted octanol–water partition coefficient (Wildman–Crippen LogP) is 3.65. The summed E-state index contributed by atoms with van der Waals surface area (Å²) in [7, 11) is 0. The lowest BCUT2D eigenvalue weighted by Gasteiger charge is -2.35. The number of carbonyl (C=O) groups excluding carboxylic acids is 1. The van der Waals surface area contributed by atoms with Gasteiger partial charge in [0, 0.05) is 18.2 Å². The van der Waals surface area contributed by atoms with Gasteiger partial charge >= 0.3 is 0 Å². The van der Waals surface area contributed by atoms with Crippen LogP contribution in [0.3, 0.4) is 0 Å². The van der Waals surface area contributed by atoms with Crippen LogP contribution in [0.15, 0.2) is 18.2 Å². The average molecular weight is 297 g/mol. The van der Waals surface area contributed by atoms with E-state index in [0.29, 0.717) is 6.04 Å². The van der Waals surface area contributed by atoms with Gasteiger partial charge in [0.25, 0.3) is 5.91 Å². The van der Waals surface area contributed by atoms with Crippen molar-refractivity contribution >= 4 is 16.9 Å². The van der Waals surface area contributed by atoms with Crippen LogP contribution in [0.2, 0.25) is 0 Å². The molecular formula is C18H23N3O. The highest BCUT2D eigenvalue weighted by Crippen LogP contribution is 2.23. The Bertz CT molecular complexity index is 711. The molecule has 1 aliphatic rings. The predicted molar refractivity (Wildman–Crippen MR) is 88.0 cm³/mol.